The van der Waals surface area contributed by atoms with E-state index in [-0.39, 0.29) is 30.6 Å². The van der Waals surface area contributed by atoms with E-state index in [1.807, 2.05) is 60.7 Å². The summed E-state index contributed by atoms with van der Waals surface area (Å²) in [4.78, 5) is 40.5. The number of carbonyl (C=O) groups is 3. The molecule has 0 atom stereocenters. The van der Waals surface area contributed by atoms with Gasteiger partial charge in [-0.1, -0.05) is 54.6 Å². The van der Waals surface area contributed by atoms with Crippen LogP contribution in [0.4, 0.5) is 11.4 Å². The molecule has 0 aliphatic carbocycles. The number of benzene rings is 3. The molecule has 5 nitrogen and oxygen atoms in total. The summed E-state index contributed by atoms with van der Waals surface area (Å²) in [5.41, 5.74) is 2.84. The van der Waals surface area contributed by atoms with Crippen LogP contribution in [-0.2, 0) is 16.0 Å². The third-order valence-electron chi connectivity index (χ3n) is 5.18. The number of imide groups is 1. The van der Waals surface area contributed by atoms with Gasteiger partial charge in [-0.2, -0.15) is 0 Å². The van der Waals surface area contributed by atoms with Crippen LogP contribution in [0, 0.1) is 0 Å². The molecule has 4 rings (SSSR count). The van der Waals surface area contributed by atoms with Crippen molar-refractivity contribution in [3.8, 4) is 0 Å². The fourth-order valence-corrected chi connectivity index (χ4v) is 3.64. The molecule has 3 aromatic rings. The quantitative estimate of drug-likeness (QED) is 0.584. The van der Waals surface area contributed by atoms with Crippen LogP contribution in [-0.4, -0.2) is 24.3 Å². The van der Waals surface area contributed by atoms with Crippen LogP contribution in [0.15, 0.2) is 84.9 Å². The minimum atomic E-state index is -0.228. The number of rotatable bonds is 6. The lowest BCUT2D eigenvalue weighted by Crippen LogP contribution is -2.33. The minimum absolute atomic E-state index is 0.168. The van der Waals surface area contributed by atoms with Crippen molar-refractivity contribution in [2.45, 2.75) is 19.3 Å². The maximum atomic E-state index is 13.4. The number of para-hydroxylation sites is 1. The number of nitrogens with zero attached hydrogens (tertiary/aromatic N) is 2. The van der Waals surface area contributed by atoms with Crippen LogP contribution in [0.1, 0.15) is 28.8 Å². The van der Waals surface area contributed by atoms with E-state index in [0.717, 1.165) is 11.3 Å². The van der Waals surface area contributed by atoms with E-state index in [4.69, 9.17) is 0 Å². The van der Waals surface area contributed by atoms with Crippen LogP contribution >= 0.6 is 0 Å². The summed E-state index contributed by atoms with van der Waals surface area (Å²) in [5, 5.41) is 0. The summed E-state index contributed by atoms with van der Waals surface area (Å²) in [6, 6.07) is 26.3. The van der Waals surface area contributed by atoms with Gasteiger partial charge in [0.15, 0.2) is 0 Å². The highest BCUT2D eigenvalue weighted by Gasteiger charge is 2.30. The van der Waals surface area contributed by atoms with Crippen molar-refractivity contribution in [1.82, 2.24) is 0 Å². The Morgan fingerprint density at radius 3 is 2.10 bits per heavy atom. The Morgan fingerprint density at radius 1 is 0.800 bits per heavy atom. The maximum Gasteiger partial charge on any atom is 0.258 e. The van der Waals surface area contributed by atoms with Gasteiger partial charge in [0.2, 0.25) is 11.8 Å². The van der Waals surface area contributed by atoms with E-state index in [1.54, 1.807) is 29.2 Å². The molecule has 0 spiro atoms. The summed E-state index contributed by atoms with van der Waals surface area (Å²) in [6.45, 7) is 0.513. The molecule has 150 valence electrons. The zero-order valence-corrected chi connectivity index (χ0v) is 16.5. The van der Waals surface area contributed by atoms with Gasteiger partial charge in [-0.05, 0) is 42.3 Å². The Bertz CT molecular complexity index is 1050. The van der Waals surface area contributed by atoms with E-state index in [1.165, 1.54) is 4.90 Å². The lowest BCUT2D eigenvalue weighted by molar-refractivity contribution is -0.121. The van der Waals surface area contributed by atoms with Gasteiger partial charge >= 0.3 is 0 Å². The second-order valence-electron chi connectivity index (χ2n) is 7.20. The second-order valence-corrected chi connectivity index (χ2v) is 7.20. The van der Waals surface area contributed by atoms with Crippen molar-refractivity contribution in [2.75, 3.05) is 16.3 Å². The van der Waals surface area contributed by atoms with Crippen molar-refractivity contribution < 1.29 is 14.4 Å². The number of amides is 3. The highest BCUT2D eigenvalue weighted by molar-refractivity contribution is 6.20. The Balaban J connectivity index is 1.62. The Morgan fingerprint density at radius 2 is 1.43 bits per heavy atom. The first-order valence-electron chi connectivity index (χ1n) is 10.0. The third-order valence-corrected chi connectivity index (χ3v) is 5.18. The smallest absolute Gasteiger partial charge is 0.258 e. The molecule has 30 heavy (non-hydrogen) atoms. The zero-order valence-electron chi connectivity index (χ0n) is 16.5. The van der Waals surface area contributed by atoms with Crippen LogP contribution in [0.3, 0.4) is 0 Å². The molecule has 3 aromatic carbocycles. The van der Waals surface area contributed by atoms with E-state index >= 15 is 0 Å². The molecule has 0 unspecified atom stereocenters. The summed E-state index contributed by atoms with van der Waals surface area (Å²) >= 11 is 0. The number of hydrogen-bond donors (Lipinski definition) is 0. The molecule has 0 saturated carbocycles. The molecule has 3 amide bonds. The molecular formula is C25H22N2O3. The average molecular weight is 398 g/mol. The first-order chi connectivity index (χ1) is 14.6. The van der Waals surface area contributed by atoms with E-state index in [0.29, 0.717) is 24.2 Å². The Labute approximate surface area is 175 Å². The molecule has 0 radical (unpaired) electrons. The van der Waals surface area contributed by atoms with E-state index < -0.39 is 0 Å². The molecule has 1 heterocycles. The molecule has 0 aromatic heterocycles. The second kappa shape index (κ2) is 8.74. The van der Waals surface area contributed by atoms with Gasteiger partial charge in [-0.25, -0.2) is 0 Å². The van der Waals surface area contributed by atoms with E-state index in [2.05, 4.69) is 0 Å². The Kier molecular flexibility index (Phi) is 5.70. The molecule has 0 bridgehead atoms. The first kappa shape index (κ1) is 19.6. The van der Waals surface area contributed by atoms with Gasteiger partial charge in [0.25, 0.3) is 5.91 Å². The first-order valence-corrected chi connectivity index (χ1v) is 10.0. The Hall–Kier alpha value is -3.73. The van der Waals surface area contributed by atoms with Gasteiger partial charge < -0.3 is 4.90 Å². The van der Waals surface area contributed by atoms with Crippen LogP contribution in [0.5, 0.6) is 0 Å². The summed E-state index contributed by atoms with van der Waals surface area (Å²) in [6.07, 6.45) is 1.14. The van der Waals surface area contributed by atoms with Crippen molar-refractivity contribution in [1.29, 1.82) is 0 Å². The molecule has 1 fully saturated rings. The summed E-state index contributed by atoms with van der Waals surface area (Å²) in [5.74, 6) is -0.625. The monoisotopic (exact) mass is 398 g/mol. The van der Waals surface area contributed by atoms with Gasteiger partial charge in [-0.15, -0.1) is 0 Å². The predicted molar refractivity (Wildman–Crippen MR) is 116 cm³/mol. The van der Waals surface area contributed by atoms with E-state index in [9.17, 15) is 14.4 Å². The number of carbonyl (C=O) groups excluding carboxylic acids is 3. The molecular weight excluding hydrogens is 376 g/mol. The van der Waals surface area contributed by atoms with Gasteiger partial charge in [-0.3, -0.25) is 19.3 Å². The fraction of sp³-hybridized carbons (Fsp3) is 0.160. The summed E-state index contributed by atoms with van der Waals surface area (Å²) in [7, 11) is 0. The zero-order chi connectivity index (χ0) is 20.9. The normalized spacial score (nSPS) is 13.5. The topological polar surface area (TPSA) is 57.7 Å². The SMILES string of the molecule is O=C(c1cccc(N2C(=O)CCC2=O)c1)N(CCc1ccccc1)c1ccccc1. The minimum Gasteiger partial charge on any atom is -0.308 e. The lowest BCUT2D eigenvalue weighted by Gasteiger charge is -2.24. The van der Waals surface area contributed by atoms with Crippen LogP contribution in [0.25, 0.3) is 0 Å². The predicted octanol–water partition coefficient (Wildman–Crippen LogP) is 4.23. The van der Waals surface area contributed by atoms with Crippen molar-refractivity contribution in [3.05, 3.63) is 96.1 Å². The molecule has 1 aliphatic rings. The lowest BCUT2D eigenvalue weighted by atomic mass is 10.1. The summed E-state index contributed by atoms with van der Waals surface area (Å²) < 4.78 is 0. The standard InChI is InChI=1S/C25H22N2O3/c28-23-14-15-24(29)27(23)22-13-7-10-20(18-22)25(30)26(21-11-5-2-6-12-21)17-16-19-8-3-1-4-9-19/h1-13,18H,14-17H2. The van der Waals surface area contributed by atoms with Crippen molar-refractivity contribution in [2.24, 2.45) is 0 Å². The maximum absolute atomic E-state index is 13.4. The third kappa shape index (κ3) is 4.15. The van der Waals surface area contributed by atoms with Gasteiger partial charge in [0, 0.05) is 30.6 Å². The molecule has 1 aliphatic heterocycles. The average Bonchev–Trinajstić information content (AvgIpc) is 3.13. The van der Waals surface area contributed by atoms with Gasteiger partial charge in [0.1, 0.15) is 0 Å². The molecule has 0 N–H and O–H groups in total. The highest BCUT2D eigenvalue weighted by atomic mass is 16.2. The number of anilines is 2. The van der Waals surface area contributed by atoms with Crippen LogP contribution < -0.4 is 9.80 Å². The fourth-order valence-electron chi connectivity index (χ4n) is 3.64. The molecule has 5 heteroatoms. The highest BCUT2D eigenvalue weighted by Crippen LogP contribution is 2.25. The number of hydrogen-bond acceptors (Lipinski definition) is 3. The van der Waals surface area contributed by atoms with Crippen molar-refractivity contribution >= 4 is 29.1 Å². The van der Waals surface area contributed by atoms with Gasteiger partial charge in [0.05, 0.1) is 5.69 Å². The van der Waals surface area contributed by atoms with Crippen LogP contribution in [0.2, 0.25) is 0 Å². The largest absolute Gasteiger partial charge is 0.308 e. The molecule has 1 saturated heterocycles. The van der Waals surface area contributed by atoms with Crippen molar-refractivity contribution in [3.63, 3.8) is 0 Å².